The van der Waals surface area contributed by atoms with Crippen molar-refractivity contribution in [3.8, 4) is 5.75 Å². The maximum atomic E-state index is 9.44. The van der Waals surface area contributed by atoms with E-state index in [2.05, 4.69) is 11.9 Å². The van der Waals surface area contributed by atoms with Gasteiger partial charge in [-0.2, -0.15) is 0 Å². The molecule has 0 amide bonds. The standard InChI is InChI=1S/C16H25NO2/c1-13(18)14-6-8-16(9-7-14)19-12-10-15-5-3-4-11-17(15)2/h6-9,13,15,18H,3-5,10-12H2,1-2H3. The van der Waals surface area contributed by atoms with Crippen molar-refractivity contribution < 1.29 is 9.84 Å². The zero-order chi connectivity index (χ0) is 13.7. The largest absolute Gasteiger partial charge is 0.494 e. The fourth-order valence-electron chi connectivity index (χ4n) is 2.66. The van der Waals surface area contributed by atoms with E-state index in [4.69, 9.17) is 4.74 Å². The molecule has 1 fully saturated rings. The van der Waals surface area contributed by atoms with Gasteiger partial charge in [-0.15, -0.1) is 0 Å². The first-order chi connectivity index (χ1) is 9.16. The van der Waals surface area contributed by atoms with Gasteiger partial charge in [0.15, 0.2) is 0 Å². The number of ether oxygens (including phenoxy) is 1. The molecule has 1 aliphatic heterocycles. The highest BCUT2D eigenvalue weighted by atomic mass is 16.5. The van der Waals surface area contributed by atoms with Gasteiger partial charge in [0.05, 0.1) is 12.7 Å². The average molecular weight is 263 g/mol. The lowest BCUT2D eigenvalue weighted by Crippen LogP contribution is -2.37. The Labute approximate surface area is 116 Å². The fraction of sp³-hybridized carbons (Fsp3) is 0.625. The molecule has 0 radical (unpaired) electrons. The van der Waals surface area contributed by atoms with Gasteiger partial charge < -0.3 is 14.7 Å². The third kappa shape index (κ3) is 4.22. The third-order valence-corrected chi connectivity index (χ3v) is 4.00. The molecule has 3 heteroatoms. The van der Waals surface area contributed by atoms with Crippen molar-refractivity contribution in [2.75, 3.05) is 20.2 Å². The zero-order valence-corrected chi connectivity index (χ0v) is 12.0. The molecule has 2 atom stereocenters. The monoisotopic (exact) mass is 263 g/mol. The molecule has 2 unspecified atom stereocenters. The van der Waals surface area contributed by atoms with Gasteiger partial charge >= 0.3 is 0 Å². The molecule has 1 saturated heterocycles. The Bertz CT molecular complexity index is 375. The van der Waals surface area contributed by atoms with E-state index in [0.29, 0.717) is 6.04 Å². The second kappa shape index (κ2) is 6.92. The molecule has 1 aliphatic rings. The van der Waals surface area contributed by atoms with Crippen molar-refractivity contribution in [2.45, 2.75) is 44.8 Å². The highest BCUT2D eigenvalue weighted by Crippen LogP contribution is 2.20. The number of likely N-dealkylation sites (tertiary alicyclic amines) is 1. The Morgan fingerprint density at radius 1 is 1.32 bits per heavy atom. The summed E-state index contributed by atoms with van der Waals surface area (Å²) in [5.74, 6) is 0.892. The van der Waals surface area contributed by atoms with E-state index in [1.165, 1.54) is 25.8 Å². The predicted octanol–water partition coefficient (Wildman–Crippen LogP) is 2.99. The number of aliphatic hydroxyl groups excluding tert-OH is 1. The number of hydrogen-bond donors (Lipinski definition) is 1. The normalized spacial score (nSPS) is 22.2. The van der Waals surface area contributed by atoms with Crippen LogP contribution >= 0.6 is 0 Å². The highest BCUT2D eigenvalue weighted by Gasteiger charge is 2.18. The molecule has 1 heterocycles. The first-order valence-electron chi connectivity index (χ1n) is 7.28. The molecular formula is C16H25NO2. The minimum absolute atomic E-state index is 0.412. The van der Waals surface area contributed by atoms with Gasteiger partial charge in [0, 0.05) is 6.04 Å². The summed E-state index contributed by atoms with van der Waals surface area (Å²) < 4.78 is 5.78. The Kier molecular flexibility index (Phi) is 5.23. The van der Waals surface area contributed by atoms with Gasteiger partial charge in [0.25, 0.3) is 0 Å². The number of piperidine rings is 1. The molecule has 0 aromatic heterocycles. The molecule has 3 nitrogen and oxygen atoms in total. The van der Waals surface area contributed by atoms with E-state index in [-0.39, 0.29) is 0 Å². The van der Waals surface area contributed by atoms with Gasteiger partial charge in [0.2, 0.25) is 0 Å². The SMILES string of the molecule is CC(O)c1ccc(OCCC2CCCCN2C)cc1. The summed E-state index contributed by atoms with van der Waals surface area (Å²) in [6.07, 6.45) is 4.65. The summed E-state index contributed by atoms with van der Waals surface area (Å²) in [5.41, 5.74) is 0.930. The van der Waals surface area contributed by atoms with E-state index >= 15 is 0 Å². The number of aliphatic hydroxyl groups is 1. The van der Waals surface area contributed by atoms with Crippen LogP contribution < -0.4 is 4.74 Å². The van der Waals surface area contributed by atoms with Crippen molar-refractivity contribution in [3.63, 3.8) is 0 Å². The van der Waals surface area contributed by atoms with Crippen LogP contribution in [0.25, 0.3) is 0 Å². The molecule has 2 rings (SSSR count). The maximum Gasteiger partial charge on any atom is 0.119 e. The van der Waals surface area contributed by atoms with Gasteiger partial charge in [-0.25, -0.2) is 0 Å². The molecule has 0 bridgehead atoms. The van der Waals surface area contributed by atoms with E-state index in [0.717, 1.165) is 24.3 Å². The zero-order valence-electron chi connectivity index (χ0n) is 12.0. The summed E-state index contributed by atoms with van der Waals surface area (Å²) in [6.45, 7) is 3.76. The molecule has 106 valence electrons. The van der Waals surface area contributed by atoms with Crippen molar-refractivity contribution in [1.82, 2.24) is 4.90 Å². The van der Waals surface area contributed by atoms with E-state index in [9.17, 15) is 5.11 Å². The first-order valence-corrected chi connectivity index (χ1v) is 7.28. The van der Waals surface area contributed by atoms with Crippen LogP contribution in [0.3, 0.4) is 0 Å². The van der Waals surface area contributed by atoms with Crippen LogP contribution in [-0.4, -0.2) is 36.2 Å². The smallest absolute Gasteiger partial charge is 0.119 e. The molecule has 0 spiro atoms. The van der Waals surface area contributed by atoms with Crippen LogP contribution in [0.4, 0.5) is 0 Å². The van der Waals surface area contributed by atoms with Crippen LogP contribution in [0.5, 0.6) is 5.75 Å². The summed E-state index contributed by atoms with van der Waals surface area (Å²) in [7, 11) is 2.21. The van der Waals surface area contributed by atoms with E-state index in [1.807, 2.05) is 24.3 Å². The van der Waals surface area contributed by atoms with Gasteiger partial charge in [-0.3, -0.25) is 0 Å². The number of benzene rings is 1. The number of nitrogens with zero attached hydrogens (tertiary/aromatic N) is 1. The Morgan fingerprint density at radius 2 is 2.05 bits per heavy atom. The van der Waals surface area contributed by atoms with Gasteiger partial charge in [-0.1, -0.05) is 18.6 Å². The van der Waals surface area contributed by atoms with Crippen molar-refractivity contribution >= 4 is 0 Å². The number of hydrogen-bond acceptors (Lipinski definition) is 3. The van der Waals surface area contributed by atoms with Crippen molar-refractivity contribution in [3.05, 3.63) is 29.8 Å². The van der Waals surface area contributed by atoms with E-state index < -0.39 is 6.10 Å². The molecule has 1 N–H and O–H groups in total. The predicted molar refractivity (Wildman–Crippen MR) is 77.5 cm³/mol. The second-order valence-corrected chi connectivity index (χ2v) is 5.51. The van der Waals surface area contributed by atoms with E-state index in [1.54, 1.807) is 6.92 Å². The van der Waals surface area contributed by atoms with Crippen LogP contribution in [0.1, 0.15) is 44.3 Å². The van der Waals surface area contributed by atoms with Gasteiger partial charge in [0.1, 0.15) is 5.75 Å². The summed E-state index contributed by atoms with van der Waals surface area (Å²) in [6, 6.07) is 8.39. The summed E-state index contributed by atoms with van der Waals surface area (Å²) in [4.78, 5) is 2.45. The van der Waals surface area contributed by atoms with Crippen LogP contribution in [-0.2, 0) is 0 Å². The second-order valence-electron chi connectivity index (χ2n) is 5.51. The van der Waals surface area contributed by atoms with Crippen molar-refractivity contribution in [2.24, 2.45) is 0 Å². The Balaban J connectivity index is 1.75. The Hall–Kier alpha value is -1.06. The van der Waals surface area contributed by atoms with Crippen LogP contribution in [0, 0.1) is 0 Å². The fourth-order valence-corrected chi connectivity index (χ4v) is 2.66. The molecular weight excluding hydrogens is 238 g/mol. The summed E-state index contributed by atoms with van der Waals surface area (Å²) >= 11 is 0. The summed E-state index contributed by atoms with van der Waals surface area (Å²) in [5, 5.41) is 9.44. The minimum Gasteiger partial charge on any atom is -0.494 e. The maximum absolute atomic E-state index is 9.44. The Morgan fingerprint density at radius 3 is 2.68 bits per heavy atom. The lowest BCUT2D eigenvalue weighted by molar-refractivity contribution is 0.153. The average Bonchev–Trinajstić information content (AvgIpc) is 2.41. The lowest BCUT2D eigenvalue weighted by atomic mass is 10.0. The van der Waals surface area contributed by atoms with Crippen LogP contribution in [0.15, 0.2) is 24.3 Å². The highest BCUT2D eigenvalue weighted by molar-refractivity contribution is 5.28. The quantitative estimate of drug-likeness (QED) is 0.886. The topological polar surface area (TPSA) is 32.7 Å². The first kappa shape index (κ1) is 14.4. The number of rotatable bonds is 5. The molecule has 19 heavy (non-hydrogen) atoms. The van der Waals surface area contributed by atoms with Gasteiger partial charge in [-0.05, 0) is 57.5 Å². The minimum atomic E-state index is -0.412. The third-order valence-electron chi connectivity index (χ3n) is 4.00. The lowest BCUT2D eigenvalue weighted by Gasteiger charge is -2.32. The molecule has 1 aromatic carbocycles. The van der Waals surface area contributed by atoms with Crippen molar-refractivity contribution in [1.29, 1.82) is 0 Å². The molecule has 0 saturated carbocycles. The molecule has 0 aliphatic carbocycles. The molecule has 1 aromatic rings. The van der Waals surface area contributed by atoms with Crippen LogP contribution in [0.2, 0.25) is 0 Å².